The summed E-state index contributed by atoms with van der Waals surface area (Å²) in [4.78, 5) is 26.4. The number of carbonyl (C=O) groups excluding carboxylic acids is 2. The van der Waals surface area contributed by atoms with E-state index >= 15 is 0 Å². The molecule has 7 nitrogen and oxygen atoms in total. The van der Waals surface area contributed by atoms with Crippen LogP contribution in [0.1, 0.15) is 33.6 Å². The Morgan fingerprint density at radius 3 is 2.41 bits per heavy atom. The summed E-state index contributed by atoms with van der Waals surface area (Å²) in [5.74, 6) is -1.31. The topological polar surface area (TPSA) is 77.1 Å². The summed E-state index contributed by atoms with van der Waals surface area (Å²) in [5.41, 5.74) is 1.55. The number of anilines is 2. The van der Waals surface area contributed by atoms with Crippen molar-refractivity contribution in [2.45, 2.75) is 39.4 Å². The predicted molar refractivity (Wildman–Crippen MR) is 102 cm³/mol. The molecule has 27 heavy (non-hydrogen) atoms. The van der Waals surface area contributed by atoms with E-state index in [-0.39, 0.29) is 5.57 Å². The molecular weight excluding hydrogens is 348 g/mol. The molecule has 0 amide bonds. The fourth-order valence-corrected chi connectivity index (χ4v) is 3.19. The van der Waals surface area contributed by atoms with Crippen molar-refractivity contribution < 1.29 is 23.8 Å². The lowest BCUT2D eigenvalue weighted by Gasteiger charge is -2.32. The molecule has 1 N–H and O–H groups in total. The Balaban J connectivity index is 1.75. The van der Waals surface area contributed by atoms with Crippen molar-refractivity contribution in [2.75, 3.05) is 30.4 Å². The zero-order valence-corrected chi connectivity index (χ0v) is 16.2. The second kappa shape index (κ2) is 7.50. The predicted octanol–water partition coefficient (Wildman–Crippen LogP) is 3.06. The number of carbonyl (C=O) groups is 2. The Hall–Kier alpha value is -2.70. The number of methoxy groups -OCH3 is 1. The van der Waals surface area contributed by atoms with E-state index in [9.17, 15) is 9.59 Å². The van der Waals surface area contributed by atoms with Crippen LogP contribution in [0, 0.1) is 5.92 Å². The van der Waals surface area contributed by atoms with Crippen molar-refractivity contribution in [1.29, 1.82) is 0 Å². The smallest absolute Gasteiger partial charge is 0.350 e. The minimum atomic E-state index is -1.25. The van der Waals surface area contributed by atoms with Crippen LogP contribution in [0.3, 0.4) is 0 Å². The molecule has 2 saturated heterocycles. The highest BCUT2D eigenvalue weighted by molar-refractivity contribution is 6.15. The Morgan fingerprint density at radius 2 is 1.81 bits per heavy atom. The average Bonchev–Trinajstić information content (AvgIpc) is 2.60. The van der Waals surface area contributed by atoms with E-state index in [1.807, 2.05) is 18.2 Å². The zero-order chi connectivity index (χ0) is 19.6. The van der Waals surface area contributed by atoms with Gasteiger partial charge in [0.25, 0.3) is 5.79 Å². The third-order valence-corrected chi connectivity index (χ3v) is 4.82. The van der Waals surface area contributed by atoms with E-state index in [1.54, 1.807) is 7.11 Å². The molecule has 2 fully saturated rings. The Kier molecular flexibility index (Phi) is 5.30. The number of hydrogen-bond acceptors (Lipinski definition) is 7. The number of rotatable bonds is 4. The molecular formula is C20H26N2O5. The van der Waals surface area contributed by atoms with E-state index in [0.29, 0.717) is 11.4 Å². The number of ether oxygens (including phenoxy) is 3. The molecule has 0 radical (unpaired) electrons. The summed E-state index contributed by atoms with van der Waals surface area (Å²) in [6, 6.07) is 5.82. The third-order valence-electron chi connectivity index (χ3n) is 4.82. The molecule has 3 rings (SSSR count). The number of benzene rings is 1. The largest absolute Gasteiger partial charge is 0.494 e. The monoisotopic (exact) mass is 374 g/mol. The number of piperidine rings is 1. The maximum absolute atomic E-state index is 12.0. The summed E-state index contributed by atoms with van der Waals surface area (Å²) in [6.45, 7) is 7.34. The van der Waals surface area contributed by atoms with Gasteiger partial charge in [-0.2, -0.15) is 0 Å². The Bertz CT molecular complexity index is 742. The van der Waals surface area contributed by atoms with Gasteiger partial charge >= 0.3 is 11.9 Å². The van der Waals surface area contributed by atoms with E-state index < -0.39 is 17.7 Å². The quantitative estimate of drug-likeness (QED) is 0.493. The molecule has 2 heterocycles. The SMILES string of the molecule is COc1cc(N2CCC(C)CC2)ccc1NC=C1C(=O)OC(C)(C)OC1=O. The highest BCUT2D eigenvalue weighted by Crippen LogP contribution is 2.32. The molecule has 1 aromatic rings. The fourth-order valence-electron chi connectivity index (χ4n) is 3.19. The van der Waals surface area contributed by atoms with Crippen molar-refractivity contribution in [2.24, 2.45) is 5.92 Å². The summed E-state index contributed by atoms with van der Waals surface area (Å²) in [5, 5.41) is 2.95. The summed E-state index contributed by atoms with van der Waals surface area (Å²) >= 11 is 0. The van der Waals surface area contributed by atoms with Crippen LogP contribution in [0.25, 0.3) is 0 Å². The summed E-state index contributed by atoms with van der Waals surface area (Å²) in [7, 11) is 1.58. The molecule has 0 spiro atoms. The van der Waals surface area contributed by atoms with Gasteiger partial charge in [-0.25, -0.2) is 9.59 Å². The minimum absolute atomic E-state index is 0.189. The fraction of sp³-hybridized carbons (Fsp3) is 0.500. The van der Waals surface area contributed by atoms with E-state index in [4.69, 9.17) is 14.2 Å². The lowest BCUT2D eigenvalue weighted by molar-refractivity contribution is -0.222. The second-order valence-electron chi connectivity index (χ2n) is 7.44. The van der Waals surface area contributed by atoms with Crippen LogP contribution in [0.2, 0.25) is 0 Å². The highest BCUT2D eigenvalue weighted by Gasteiger charge is 2.39. The normalized spacial score (nSPS) is 20.0. The van der Waals surface area contributed by atoms with Gasteiger partial charge in [0, 0.05) is 44.9 Å². The Morgan fingerprint density at radius 1 is 1.19 bits per heavy atom. The molecule has 0 atom stereocenters. The molecule has 7 heteroatoms. The molecule has 2 aliphatic heterocycles. The van der Waals surface area contributed by atoms with Gasteiger partial charge in [0.2, 0.25) is 0 Å². The van der Waals surface area contributed by atoms with E-state index in [0.717, 1.165) is 24.7 Å². The van der Waals surface area contributed by atoms with Crippen molar-refractivity contribution in [3.05, 3.63) is 30.0 Å². The van der Waals surface area contributed by atoms with Gasteiger partial charge in [0.05, 0.1) is 12.8 Å². The van der Waals surface area contributed by atoms with Gasteiger partial charge in [0.1, 0.15) is 5.75 Å². The lowest BCUT2D eigenvalue weighted by Crippen LogP contribution is -2.42. The first kappa shape index (κ1) is 19.1. The standard InChI is InChI=1S/C20H26N2O5/c1-13-7-9-22(10-8-13)14-5-6-16(17(11-14)25-4)21-12-15-18(23)26-20(2,3)27-19(15)24/h5-6,11-13,21H,7-10H2,1-4H3. The number of hydrogen-bond donors (Lipinski definition) is 1. The minimum Gasteiger partial charge on any atom is -0.494 e. The highest BCUT2D eigenvalue weighted by atomic mass is 16.7. The van der Waals surface area contributed by atoms with Crippen LogP contribution in [-0.4, -0.2) is 37.9 Å². The van der Waals surface area contributed by atoms with E-state index in [2.05, 4.69) is 17.1 Å². The number of esters is 2. The van der Waals surface area contributed by atoms with Crippen LogP contribution in [0.15, 0.2) is 30.0 Å². The van der Waals surface area contributed by atoms with Crippen molar-refractivity contribution in [3.63, 3.8) is 0 Å². The van der Waals surface area contributed by atoms with Crippen LogP contribution >= 0.6 is 0 Å². The molecule has 0 unspecified atom stereocenters. The van der Waals surface area contributed by atoms with Gasteiger partial charge in [0.15, 0.2) is 5.57 Å². The molecule has 146 valence electrons. The molecule has 0 saturated carbocycles. The molecule has 0 aliphatic carbocycles. The van der Waals surface area contributed by atoms with Gasteiger partial charge in [-0.3, -0.25) is 0 Å². The van der Waals surface area contributed by atoms with Crippen molar-refractivity contribution >= 4 is 23.3 Å². The maximum Gasteiger partial charge on any atom is 0.350 e. The number of cyclic esters (lactones) is 2. The summed E-state index contributed by atoms with van der Waals surface area (Å²) in [6.07, 6.45) is 3.64. The van der Waals surface area contributed by atoms with Gasteiger partial charge in [-0.1, -0.05) is 6.92 Å². The lowest BCUT2D eigenvalue weighted by atomic mass is 9.99. The first-order chi connectivity index (χ1) is 12.8. The van der Waals surface area contributed by atoms with Gasteiger partial charge < -0.3 is 24.4 Å². The van der Waals surface area contributed by atoms with Gasteiger partial charge in [-0.05, 0) is 30.9 Å². The Labute approximate surface area is 159 Å². The van der Waals surface area contributed by atoms with Crippen LogP contribution < -0.4 is 15.0 Å². The van der Waals surface area contributed by atoms with Crippen molar-refractivity contribution in [1.82, 2.24) is 0 Å². The molecule has 0 aromatic heterocycles. The van der Waals surface area contributed by atoms with E-state index in [1.165, 1.54) is 32.9 Å². The summed E-state index contributed by atoms with van der Waals surface area (Å²) < 4.78 is 15.6. The van der Waals surface area contributed by atoms with Crippen LogP contribution in [-0.2, 0) is 19.1 Å². The molecule has 1 aromatic carbocycles. The maximum atomic E-state index is 12.0. The molecule has 0 bridgehead atoms. The average molecular weight is 374 g/mol. The first-order valence-electron chi connectivity index (χ1n) is 9.15. The van der Waals surface area contributed by atoms with Crippen LogP contribution in [0.4, 0.5) is 11.4 Å². The third kappa shape index (κ3) is 4.35. The van der Waals surface area contributed by atoms with Crippen molar-refractivity contribution in [3.8, 4) is 5.75 Å². The number of nitrogens with zero attached hydrogens (tertiary/aromatic N) is 1. The zero-order valence-electron chi connectivity index (χ0n) is 16.2. The van der Waals surface area contributed by atoms with Crippen LogP contribution in [0.5, 0.6) is 5.75 Å². The second-order valence-corrected chi connectivity index (χ2v) is 7.44. The molecule has 2 aliphatic rings. The first-order valence-corrected chi connectivity index (χ1v) is 9.15. The van der Waals surface area contributed by atoms with Gasteiger partial charge in [-0.15, -0.1) is 0 Å². The number of nitrogens with one attached hydrogen (secondary N) is 1.